The maximum absolute atomic E-state index is 12.5. The Labute approximate surface area is 143 Å². The zero-order chi connectivity index (χ0) is 18.6. The Morgan fingerprint density at radius 3 is 2.44 bits per heavy atom. The van der Waals surface area contributed by atoms with E-state index in [-0.39, 0.29) is 18.9 Å². The number of aromatic amines is 1. The second-order valence-corrected chi connectivity index (χ2v) is 5.86. The van der Waals surface area contributed by atoms with E-state index in [0.29, 0.717) is 12.0 Å². The number of amides is 1. The summed E-state index contributed by atoms with van der Waals surface area (Å²) in [6, 6.07) is 4.22. The van der Waals surface area contributed by atoms with Crippen LogP contribution >= 0.6 is 0 Å². The molecule has 1 aromatic heterocycles. The molecule has 0 unspecified atom stereocenters. The van der Waals surface area contributed by atoms with Gasteiger partial charge in [-0.3, -0.25) is 9.89 Å². The molecule has 8 heteroatoms. The average molecular weight is 355 g/mol. The van der Waals surface area contributed by atoms with Gasteiger partial charge in [0.2, 0.25) is 5.91 Å². The maximum atomic E-state index is 12.5. The minimum absolute atomic E-state index is 0.0667. The second-order valence-electron chi connectivity index (χ2n) is 5.86. The van der Waals surface area contributed by atoms with E-state index in [1.165, 1.54) is 12.1 Å². The molecule has 3 N–H and O–H groups in total. The first kappa shape index (κ1) is 19.0. The summed E-state index contributed by atoms with van der Waals surface area (Å²) in [7, 11) is 0. The molecular weight excluding hydrogens is 335 g/mol. The molecule has 0 spiro atoms. The standard InChI is InChI=1S/C17H20F3N3O2/c1-10-11(2)22-23-14(10)7-8-16(25)21-9-15(24)12-3-5-13(6-4-12)17(18,19)20/h3-6,15,24H,7-9H2,1-2H3,(H,21,25)(H,22,23)/t15-/m0/s1. The number of alkyl halides is 3. The molecule has 0 bridgehead atoms. The van der Waals surface area contributed by atoms with Gasteiger partial charge in [0.1, 0.15) is 0 Å². The van der Waals surface area contributed by atoms with Gasteiger partial charge in [0, 0.05) is 25.1 Å². The van der Waals surface area contributed by atoms with Crippen LogP contribution in [0.3, 0.4) is 0 Å². The summed E-state index contributed by atoms with van der Waals surface area (Å²) in [5.74, 6) is -0.258. The fourth-order valence-corrected chi connectivity index (χ4v) is 2.32. The lowest BCUT2D eigenvalue weighted by molar-refractivity contribution is -0.137. The molecule has 0 saturated carbocycles. The molecular formula is C17H20F3N3O2. The summed E-state index contributed by atoms with van der Waals surface area (Å²) in [6.07, 6.45) is -4.80. The number of carbonyl (C=O) groups is 1. The quantitative estimate of drug-likeness (QED) is 0.746. The number of nitrogens with one attached hydrogen (secondary N) is 2. The molecule has 0 radical (unpaired) electrons. The Hall–Kier alpha value is -2.35. The highest BCUT2D eigenvalue weighted by Gasteiger charge is 2.30. The summed E-state index contributed by atoms with van der Waals surface area (Å²) >= 11 is 0. The van der Waals surface area contributed by atoms with Gasteiger partial charge < -0.3 is 10.4 Å². The molecule has 2 aromatic rings. The van der Waals surface area contributed by atoms with Crippen molar-refractivity contribution in [3.05, 3.63) is 52.3 Å². The topological polar surface area (TPSA) is 78.0 Å². The predicted molar refractivity (Wildman–Crippen MR) is 85.8 cm³/mol. The molecule has 0 aliphatic carbocycles. The molecule has 25 heavy (non-hydrogen) atoms. The number of aromatic nitrogens is 2. The van der Waals surface area contributed by atoms with Crippen LogP contribution in [-0.2, 0) is 17.4 Å². The number of hydrogen-bond acceptors (Lipinski definition) is 3. The third-order valence-electron chi connectivity index (χ3n) is 4.06. The maximum Gasteiger partial charge on any atom is 0.416 e. The van der Waals surface area contributed by atoms with Crippen molar-refractivity contribution < 1.29 is 23.1 Å². The molecule has 1 heterocycles. The average Bonchev–Trinajstić information content (AvgIpc) is 2.89. The van der Waals surface area contributed by atoms with Crippen molar-refractivity contribution in [2.24, 2.45) is 0 Å². The summed E-state index contributed by atoms with van der Waals surface area (Å²) in [4.78, 5) is 11.8. The third-order valence-corrected chi connectivity index (χ3v) is 4.06. The van der Waals surface area contributed by atoms with Crippen molar-refractivity contribution in [3.63, 3.8) is 0 Å². The summed E-state index contributed by atoms with van der Waals surface area (Å²) < 4.78 is 37.5. The van der Waals surface area contributed by atoms with E-state index in [4.69, 9.17) is 0 Å². The van der Waals surface area contributed by atoms with Crippen LogP contribution in [0.25, 0.3) is 0 Å². The molecule has 136 valence electrons. The highest BCUT2D eigenvalue weighted by molar-refractivity contribution is 5.76. The van der Waals surface area contributed by atoms with E-state index in [2.05, 4.69) is 15.5 Å². The lowest BCUT2D eigenvalue weighted by Crippen LogP contribution is -2.28. The third kappa shape index (κ3) is 5.06. The Morgan fingerprint density at radius 1 is 1.28 bits per heavy atom. The fraction of sp³-hybridized carbons (Fsp3) is 0.412. The first-order valence-corrected chi connectivity index (χ1v) is 7.81. The van der Waals surface area contributed by atoms with Crippen LogP contribution in [0.1, 0.15) is 40.6 Å². The Bertz CT molecular complexity index is 724. The molecule has 1 atom stereocenters. The number of aliphatic hydroxyl groups is 1. The van der Waals surface area contributed by atoms with Gasteiger partial charge in [0.15, 0.2) is 0 Å². The van der Waals surface area contributed by atoms with Gasteiger partial charge >= 0.3 is 6.18 Å². The number of rotatable bonds is 6. The van der Waals surface area contributed by atoms with E-state index in [1.54, 1.807) is 0 Å². The number of halogens is 3. The van der Waals surface area contributed by atoms with Gasteiger partial charge in [-0.05, 0) is 37.1 Å². The smallest absolute Gasteiger partial charge is 0.387 e. The number of nitrogens with zero attached hydrogens (tertiary/aromatic N) is 1. The number of benzene rings is 1. The highest BCUT2D eigenvalue weighted by atomic mass is 19.4. The van der Waals surface area contributed by atoms with Gasteiger partial charge in [-0.25, -0.2) is 0 Å². The van der Waals surface area contributed by atoms with E-state index in [9.17, 15) is 23.1 Å². The molecule has 0 aliphatic rings. The van der Waals surface area contributed by atoms with E-state index in [0.717, 1.165) is 29.1 Å². The number of aryl methyl sites for hydroxylation is 2. The SMILES string of the molecule is Cc1[nH]nc(CCC(=O)NC[C@H](O)c2ccc(C(F)(F)F)cc2)c1C. The lowest BCUT2D eigenvalue weighted by atomic mass is 10.1. The number of H-pyrrole nitrogens is 1. The Morgan fingerprint density at radius 2 is 1.92 bits per heavy atom. The predicted octanol–water partition coefficient (Wildman–Crippen LogP) is 2.83. The van der Waals surface area contributed by atoms with Crippen LogP contribution in [0.4, 0.5) is 13.2 Å². The van der Waals surface area contributed by atoms with Crippen molar-refractivity contribution in [3.8, 4) is 0 Å². The zero-order valence-corrected chi connectivity index (χ0v) is 13.9. The minimum atomic E-state index is -4.42. The monoisotopic (exact) mass is 355 g/mol. The second kappa shape index (κ2) is 7.69. The normalized spacial score (nSPS) is 12.9. The van der Waals surface area contributed by atoms with E-state index >= 15 is 0 Å². The van der Waals surface area contributed by atoms with Crippen LogP contribution in [0.15, 0.2) is 24.3 Å². The Balaban J connectivity index is 1.81. The van der Waals surface area contributed by atoms with Crippen LogP contribution in [-0.4, -0.2) is 27.8 Å². The van der Waals surface area contributed by atoms with Crippen molar-refractivity contribution in [2.45, 2.75) is 39.0 Å². The summed E-state index contributed by atoms with van der Waals surface area (Å²) in [5, 5.41) is 19.5. The zero-order valence-electron chi connectivity index (χ0n) is 13.9. The number of hydrogen-bond donors (Lipinski definition) is 3. The Kier molecular flexibility index (Phi) is 5.84. The summed E-state index contributed by atoms with van der Waals surface area (Å²) in [6.45, 7) is 3.75. The fourth-order valence-electron chi connectivity index (χ4n) is 2.32. The van der Waals surface area contributed by atoms with Crippen molar-refractivity contribution in [2.75, 3.05) is 6.54 Å². The molecule has 0 saturated heterocycles. The lowest BCUT2D eigenvalue weighted by Gasteiger charge is -2.13. The van der Waals surface area contributed by atoms with Crippen LogP contribution in [0, 0.1) is 13.8 Å². The largest absolute Gasteiger partial charge is 0.416 e. The molecule has 1 aromatic carbocycles. The molecule has 2 rings (SSSR count). The molecule has 0 fully saturated rings. The van der Waals surface area contributed by atoms with Crippen molar-refractivity contribution in [1.29, 1.82) is 0 Å². The highest BCUT2D eigenvalue weighted by Crippen LogP contribution is 2.29. The van der Waals surface area contributed by atoms with Gasteiger partial charge in [0.05, 0.1) is 17.4 Å². The first-order valence-electron chi connectivity index (χ1n) is 7.81. The van der Waals surface area contributed by atoms with Crippen LogP contribution in [0.5, 0.6) is 0 Å². The van der Waals surface area contributed by atoms with Gasteiger partial charge in [-0.1, -0.05) is 12.1 Å². The molecule has 5 nitrogen and oxygen atoms in total. The van der Waals surface area contributed by atoms with Crippen LogP contribution < -0.4 is 5.32 Å². The van der Waals surface area contributed by atoms with Crippen molar-refractivity contribution in [1.82, 2.24) is 15.5 Å². The molecule has 1 amide bonds. The van der Waals surface area contributed by atoms with Gasteiger partial charge in [-0.15, -0.1) is 0 Å². The molecule has 0 aliphatic heterocycles. The number of aliphatic hydroxyl groups excluding tert-OH is 1. The summed E-state index contributed by atoms with van der Waals surface area (Å²) in [5.41, 5.74) is 2.31. The number of carbonyl (C=O) groups excluding carboxylic acids is 1. The van der Waals surface area contributed by atoms with E-state index in [1.807, 2.05) is 13.8 Å². The van der Waals surface area contributed by atoms with Crippen molar-refractivity contribution >= 4 is 5.91 Å². The van der Waals surface area contributed by atoms with Gasteiger partial charge in [-0.2, -0.15) is 18.3 Å². The van der Waals surface area contributed by atoms with Crippen LogP contribution in [0.2, 0.25) is 0 Å². The first-order chi connectivity index (χ1) is 11.7. The minimum Gasteiger partial charge on any atom is -0.387 e. The van der Waals surface area contributed by atoms with Gasteiger partial charge in [0.25, 0.3) is 0 Å². The van der Waals surface area contributed by atoms with E-state index < -0.39 is 17.8 Å².